The molecule has 3 rings (SSSR count). The Hall–Kier alpha value is -2.06. The molecular formula is C16H14BrN3O3S. The van der Waals surface area contributed by atoms with Gasteiger partial charge in [0, 0.05) is 10.2 Å². The number of amides is 1. The van der Waals surface area contributed by atoms with E-state index in [0.29, 0.717) is 16.9 Å². The van der Waals surface area contributed by atoms with Crippen LogP contribution in [0, 0.1) is 6.92 Å². The largest absolute Gasteiger partial charge is 0.469 e. The molecule has 6 nitrogen and oxygen atoms in total. The number of carbonyl (C=O) groups is 1. The van der Waals surface area contributed by atoms with Crippen molar-refractivity contribution < 1.29 is 13.6 Å². The average Bonchev–Trinajstić information content (AvgIpc) is 3.16. The van der Waals surface area contributed by atoms with Crippen LogP contribution in [0.4, 0.5) is 5.69 Å². The van der Waals surface area contributed by atoms with E-state index in [1.54, 1.807) is 19.3 Å². The highest BCUT2D eigenvalue weighted by Crippen LogP contribution is 2.28. The van der Waals surface area contributed by atoms with E-state index >= 15 is 0 Å². The molecule has 1 atom stereocenters. The van der Waals surface area contributed by atoms with Crippen molar-refractivity contribution in [3.05, 3.63) is 46.8 Å². The lowest BCUT2D eigenvalue weighted by atomic mass is 10.3. The van der Waals surface area contributed by atoms with E-state index in [1.807, 2.05) is 31.2 Å². The van der Waals surface area contributed by atoms with Gasteiger partial charge in [-0.15, -0.1) is 10.2 Å². The third-order valence-electron chi connectivity index (χ3n) is 3.23. The van der Waals surface area contributed by atoms with Crippen LogP contribution in [-0.4, -0.2) is 21.4 Å². The molecule has 0 fully saturated rings. The zero-order valence-electron chi connectivity index (χ0n) is 12.9. The summed E-state index contributed by atoms with van der Waals surface area (Å²) in [6.07, 6.45) is 1.57. The van der Waals surface area contributed by atoms with Crippen LogP contribution in [0.2, 0.25) is 0 Å². The number of rotatable bonds is 5. The summed E-state index contributed by atoms with van der Waals surface area (Å²) in [5.41, 5.74) is 1.47. The number of hydrogen-bond acceptors (Lipinski definition) is 6. The van der Waals surface area contributed by atoms with Crippen LogP contribution >= 0.6 is 27.7 Å². The first-order valence-electron chi connectivity index (χ1n) is 7.14. The molecule has 0 saturated carbocycles. The molecule has 124 valence electrons. The van der Waals surface area contributed by atoms with Crippen molar-refractivity contribution in [1.29, 1.82) is 0 Å². The summed E-state index contributed by atoms with van der Waals surface area (Å²) >= 11 is 4.58. The maximum Gasteiger partial charge on any atom is 0.277 e. The number of nitrogens with zero attached hydrogens (tertiary/aromatic N) is 2. The molecule has 1 N–H and O–H groups in total. The number of anilines is 1. The zero-order valence-corrected chi connectivity index (χ0v) is 15.3. The second-order valence-electron chi connectivity index (χ2n) is 5.02. The minimum Gasteiger partial charge on any atom is -0.469 e. The second kappa shape index (κ2) is 7.23. The predicted octanol–water partition coefficient (Wildman–Crippen LogP) is 4.52. The van der Waals surface area contributed by atoms with Gasteiger partial charge in [0.15, 0.2) is 0 Å². The Bertz CT molecular complexity index is 862. The summed E-state index contributed by atoms with van der Waals surface area (Å²) in [5, 5.41) is 10.8. The Balaban J connectivity index is 1.64. The van der Waals surface area contributed by atoms with Gasteiger partial charge in [0.05, 0.1) is 17.1 Å². The van der Waals surface area contributed by atoms with Crippen molar-refractivity contribution in [2.45, 2.75) is 24.3 Å². The number of aromatic nitrogens is 2. The summed E-state index contributed by atoms with van der Waals surface area (Å²) in [6.45, 7) is 3.60. The van der Waals surface area contributed by atoms with Gasteiger partial charge >= 0.3 is 0 Å². The lowest BCUT2D eigenvalue weighted by Crippen LogP contribution is -2.22. The quantitative estimate of drug-likeness (QED) is 0.626. The summed E-state index contributed by atoms with van der Waals surface area (Å²) in [5.74, 6) is 0.941. The first kappa shape index (κ1) is 16.8. The van der Waals surface area contributed by atoms with Crippen LogP contribution < -0.4 is 5.32 Å². The average molecular weight is 408 g/mol. The van der Waals surface area contributed by atoms with Crippen molar-refractivity contribution in [3.63, 3.8) is 0 Å². The van der Waals surface area contributed by atoms with Gasteiger partial charge in [-0.2, -0.15) is 0 Å². The molecule has 2 heterocycles. The predicted molar refractivity (Wildman–Crippen MR) is 94.8 cm³/mol. The maximum absolute atomic E-state index is 12.3. The number of thioether (sulfide) groups is 1. The van der Waals surface area contributed by atoms with E-state index < -0.39 is 0 Å². The Morgan fingerprint density at radius 3 is 2.88 bits per heavy atom. The van der Waals surface area contributed by atoms with E-state index in [4.69, 9.17) is 8.83 Å². The Labute approximate surface area is 151 Å². The minimum atomic E-state index is -0.386. The summed E-state index contributed by atoms with van der Waals surface area (Å²) in [6, 6.07) is 9.18. The van der Waals surface area contributed by atoms with Gasteiger partial charge in [-0.25, -0.2) is 0 Å². The first-order chi connectivity index (χ1) is 11.5. The minimum absolute atomic E-state index is 0.141. The molecule has 24 heavy (non-hydrogen) atoms. The molecule has 8 heteroatoms. The number of halogens is 1. The highest BCUT2D eigenvalue weighted by molar-refractivity contribution is 9.10. The molecule has 0 bridgehead atoms. The third kappa shape index (κ3) is 3.88. The van der Waals surface area contributed by atoms with Crippen LogP contribution in [-0.2, 0) is 4.79 Å². The number of aryl methyl sites for hydroxylation is 1. The number of benzene rings is 1. The number of furan rings is 1. The molecule has 1 amide bonds. The van der Waals surface area contributed by atoms with E-state index in [0.717, 1.165) is 15.7 Å². The van der Waals surface area contributed by atoms with Gasteiger partial charge < -0.3 is 14.2 Å². The SMILES string of the molecule is Cc1occc1-c1nnc(S[C@H](C)C(=O)Nc2cccc(Br)c2)o1. The number of nitrogens with one attached hydrogen (secondary N) is 1. The van der Waals surface area contributed by atoms with Crippen molar-refractivity contribution in [3.8, 4) is 11.5 Å². The molecule has 0 aliphatic rings. The molecule has 3 aromatic rings. The maximum atomic E-state index is 12.3. The van der Waals surface area contributed by atoms with E-state index in [1.165, 1.54) is 11.8 Å². The van der Waals surface area contributed by atoms with E-state index in [2.05, 4.69) is 31.4 Å². The number of hydrogen-bond donors (Lipinski definition) is 1. The smallest absolute Gasteiger partial charge is 0.277 e. The Kier molecular flexibility index (Phi) is 5.06. The molecule has 1 aromatic carbocycles. The van der Waals surface area contributed by atoms with E-state index in [9.17, 15) is 4.79 Å². The summed E-state index contributed by atoms with van der Waals surface area (Å²) in [4.78, 5) is 12.3. The van der Waals surface area contributed by atoms with Gasteiger partial charge in [0.2, 0.25) is 5.91 Å². The van der Waals surface area contributed by atoms with Crippen LogP contribution in [0.3, 0.4) is 0 Å². The lowest BCUT2D eigenvalue weighted by Gasteiger charge is -2.10. The van der Waals surface area contributed by atoms with Gasteiger partial charge in [-0.3, -0.25) is 4.79 Å². The van der Waals surface area contributed by atoms with Gasteiger partial charge in [-0.05, 0) is 38.1 Å². The number of carbonyl (C=O) groups excluding carboxylic acids is 1. The summed E-state index contributed by atoms with van der Waals surface area (Å²) in [7, 11) is 0. The molecule has 2 aromatic heterocycles. The fraction of sp³-hybridized carbons (Fsp3) is 0.188. The van der Waals surface area contributed by atoms with Crippen LogP contribution in [0.5, 0.6) is 0 Å². The van der Waals surface area contributed by atoms with Crippen molar-refractivity contribution >= 4 is 39.3 Å². The summed E-state index contributed by atoms with van der Waals surface area (Å²) < 4.78 is 11.7. The zero-order chi connectivity index (χ0) is 17.1. The monoisotopic (exact) mass is 407 g/mol. The molecule has 0 aliphatic heterocycles. The molecular weight excluding hydrogens is 394 g/mol. The Morgan fingerprint density at radius 1 is 1.33 bits per heavy atom. The molecule has 0 unspecified atom stereocenters. The van der Waals surface area contributed by atoms with Gasteiger partial charge in [0.1, 0.15) is 5.76 Å². The fourth-order valence-electron chi connectivity index (χ4n) is 1.99. The highest BCUT2D eigenvalue weighted by atomic mass is 79.9. The molecule has 0 spiro atoms. The molecule has 0 radical (unpaired) electrons. The van der Waals surface area contributed by atoms with E-state index in [-0.39, 0.29) is 11.2 Å². The lowest BCUT2D eigenvalue weighted by molar-refractivity contribution is -0.115. The van der Waals surface area contributed by atoms with Gasteiger partial charge in [0.25, 0.3) is 11.1 Å². The van der Waals surface area contributed by atoms with Crippen molar-refractivity contribution in [1.82, 2.24) is 10.2 Å². The van der Waals surface area contributed by atoms with Crippen molar-refractivity contribution in [2.75, 3.05) is 5.32 Å². The van der Waals surface area contributed by atoms with Crippen LogP contribution in [0.25, 0.3) is 11.5 Å². The second-order valence-corrected chi connectivity index (χ2v) is 7.23. The highest BCUT2D eigenvalue weighted by Gasteiger charge is 2.20. The topological polar surface area (TPSA) is 81.2 Å². The van der Waals surface area contributed by atoms with Crippen LogP contribution in [0.15, 0.2) is 55.1 Å². The normalized spacial score (nSPS) is 12.1. The van der Waals surface area contributed by atoms with Crippen LogP contribution in [0.1, 0.15) is 12.7 Å². The standard InChI is InChI=1S/C16H14BrN3O3S/c1-9-13(6-7-22-9)15-19-20-16(23-15)24-10(2)14(21)18-12-5-3-4-11(17)8-12/h3-8,10H,1-2H3,(H,18,21)/t10-/m1/s1. The van der Waals surface area contributed by atoms with Gasteiger partial charge in [-0.1, -0.05) is 33.8 Å². The fourth-order valence-corrected chi connectivity index (χ4v) is 3.07. The molecule has 0 aliphatic carbocycles. The molecule has 0 saturated heterocycles. The third-order valence-corrected chi connectivity index (χ3v) is 4.66. The van der Waals surface area contributed by atoms with Crippen molar-refractivity contribution in [2.24, 2.45) is 0 Å². The Morgan fingerprint density at radius 2 is 2.17 bits per heavy atom. The first-order valence-corrected chi connectivity index (χ1v) is 8.81.